The summed E-state index contributed by atoms with van der Waals surface area (Å²) in [5.41, 5.74) is 0.751. The molecule has 104 valence electrons. The summed E-state index contributed by atoms with van der Waals surface area (Å²) >= 11 is 0. The normalized spacial score (nSPS) is 11.7. The molecule has 3 N–H and O–H groups in total. The lowest BCUT2D eigenvalue weighted by Gasteiger charge is -2.14. The molecule has 0 fully saturated rings. The predicted octanol–water partition coefficient (Wildman–Crippen LogP) is 2.51. The number of urea groups is 1. The minimum absolute atomic E-state index is 0.279. The molecule has 0 spiro atoms. The highest BCUT2D eigenvalue weighted by Gasteiger charge is 2.18. The first kappa shape index (κ1) is 14.9. The first-order valence-corrected chi connectivity index (χ1v) is 6.00. The van der Waals surface area contributed by atoms with Crippen LogP contribution in [0.2, 0.25) is 0 Å². The summed E-state index contributed by atoms with van der Waals surface area (Å²) in [7, 11) is 0. The number of anilines is 1. The Morgan fingerprint density at radius 3 is 2.63 bits per heavy atom. The highest BCUT2D eigenvalue weighted by atomic mass is 19.1. The van der Waals surface area contributed by atoms with E-state index in [1.54, 1.807) is 13.0 Å². The quantitative estimate of drug-likeness (QED) is 0.767. The minimum Gasteiger partial charge on any atom is -0.480 e. The van der Waals surface area contributed by atoms with Crippen molar-refractivity contribution in [3.63, 3.8) is 0 Å². The van der Waals surface area contributed by atoms with E-state index in [0.29, 0.717) is 18.4 Å². The van der Waals surface area contributed by atoms with Crippen molar-refractivity contribution in [1.29, 1.82) is 0 Å². The molecule has 0 radical (unpaired) electrons. The van der Waals surface area contributed by atoms with Gasteiger partial charge in [-0.15, -0.1) is 0 Å². The Labute approximate surface area is 110 Å². The van der Waals surface area contributed by atoms with Crippen molar-refractivity contribution < 1.29 is 19.1 Å². The summed E-state index contributed by atoms with van der Waals surface area (Å²) in [5.74, 6) is -1.52. The molecule has 0 aliphatic carbocycles. The molecule has 6 heteroatoms. The van der Waals surface area contributed by atoms with Crippen molar-refractivity contribution in [3.05, 3.63) is 29.6 Å². The van der Waals surface area contributed by atoms with Crippen LogP contribution < -0.4 is 10.6 Å². The third-order valence-corrected chi connectivity index (χ3v) is 2.61. The number of rotatable bonds is 5. The summed E-state index contributed by atoms with van der Waals surface area (Å²) in [6.45, 7) is 3.44. The topological polar surface area (TPSA) is 78.4 Å². The van der Waals surface area contributed by atoms with Gasteiger partial charge in [-0.05, 0) is 31.0 Å². The van der Waals surface area contributed by atoms with Crippen LogP contribution in [-0.4, -0.2) is 23.1 Å². The number of nitrogens with one attached hydrogen (secondary N) is 2. The zero-order chi connectivity index (χ0) is 14.4. The van der Waals surface area contributed by atoms with Crippen LogP contribution in [0.3, 0.4) is 0 Å². The lowest BCUT2D eigenvalue weighted by Crippen LogP contribution is -2.42. The zero-order valence-electron chi connectivity index (χ0n) is 10.9. The average Bonchev–Trinajstić information content (AvgIpc) is 2.33. The molecular formula is C13H17FN2O3. The molecule has 0 saturated heterocycles. The number of carboxylic acid groups (broad SMARTS) is 1. The highest BCUT2D eigenvalue weighted by molar-refractivity contribution is 5.92. The number of aryl methyl sites for hydroxylation is 1. The lowest BCUT2D eigenvalue weighted by atomic mass is 10.2. The molecule has 19 heavy (non-hydrogen) atoms. The average molecular weight is 268 g/mol. The van der Waals surface area contributed by atoms with Crippen molar-refractivity contribution in [2.24, 2.45) is 0 Å². The fourth-order valence-corrected chi connectivity index (χ4v) is 1.54. The van der Waals surface area contributed by atoms with Crippen molar-refractivity contribution in [2.45, 2.75) is 32.7 Å². The van der Waals surface area contributed by atoms with E-state index in [1.807, 2.05) is 6.92 Å². The van der Waals surface area contributed by atoms with Gasteiger partial charge in [0.15, 0.2) is 0 Å². The fraction of sp³-hybridized carbons (Fsp3) is 0.385. The van der Waals surface area contributed by atoms with Gasteiger partial charge >= 0.3 is 12.0 Å². The monoisotopic (exact) mass is 268 g/mol. The molecule has 5 nitrogen and oxygen atoms in total. The molecule has 2 amide bonds. The van der Waals surface area contributed by atoms with E-state index in [1.165, 1.54) is 12.1 Å². The molecule has 1 rings (SSSR count). The van der Waals surface area contributed by atoms with Crippen LogP contribution >= 0.6 is 0 Å². The third-order valence-electron chi connectivity index (χ3n) is 2.61. The number of carbonyl (C=O) groups is 2. The molecule has 0 heterocycles. The maximum atomic E-state index is 13.3. The van der Waals surface area contributed by atoms with Crippen LogP contribution in [0.5, 0.6) is 0 Å². The number of hydrogen-bond acceptors (Lipinski definition) is 2. The Bertz CT molecular complexity index is 477. The number of amides is 2. The number of carbonyl (C=O) groups excluding carboxylic acids is 1. The second-order valence-electron chi connectivity index (χ2n) is 4.24. The molecule has 0 aliphatic rings. The van der Waals surface area contributed by atoms with Crippen LogP contribution in [-0.2, 0) is 4.79 Å². The van der Waals surface area contributed by atoms with E-state index in [-0.39, 0.29) is 5.69 Å². The first-order chi connectivity index (χ1) is 8.93. The second kappa shape index (κ2) is 6.72. The van der Waals surface area contributed by atoms with Gasteiger partial charge in [0.1, 0.15) is 11.9 Å². The van der Waals surface area contributed by atoms with Crippen LogP contribution in [0.15, 0.2) is 18.2 Å². The Balaban J connectivity index is 2.63. The molecule has 0 saturated carbocycles. The molecule has 0 aromatic heterocycles. The maximum Gasteiger partial charge on any atom is 0.326 e. The Morgan fingerprint density at radius 1 is 1.42 bits per heavy atom. The molecule has 0 bridgehead atoms. The van der Waals surface area contributed by atoms with E-state index in [4.69, 9.17) is 5.11 Å². The SMILES string of the molecule is CCC[C@H](NC(=O)Nc1ccc(C)c(F)c1)C(=O)O. The van der Waals surface area contributed by atoms with Gasteiger partial charge in [0, 0.05) is 5.69 Å². The van der Waals surface area contributed by atoms with Crippen LogP contribution in [0.25, 0.3) is 0 Å². The van der Waals surface area contributed by atoms with Gasteiger partial charge in [0.2, 0.25) is 0 Å². The number of halogens is 1. The standard InChI is InChI=1S/C13H17FN2O3/c1-3-4-11(12(17)18)16-13(19)15-9-6-5-8(2)10(14)7-9/h5-7,11H,3-4H2,1-2H3,(H,17,18)(H2,15,16,19)/t11-/m0/s1. The Morgan fingerprint density at radius 2 is 2.11 bits per heavy atom. The van der Waals surface area contributed by atoms with Gasteiger partial charge in [-0.25, -0.2) is 14.0 Å². The van der Waals surface area contributed by atoms with Gasteiger partial charge in [-0.2, -0.15) is 0 Å². The van der Waals surface area contributed by atoms with Crippen LogP contribution in [0.1, 0.15) is 25.3 Å². The lowest BCUT2D eigenvalue weighted by molar-refractivity contribution is -0.139. The molecule has 1 aromatic carbocycles. The second-order valence-corrected chi connectivity index (χ2v) is 4.24. The third kappa shape index (κ3) is 4.57. The van der Waals surface area contributed by atoms with Gasteiger partial charge in [0.25, 0.3) is 0 Å². The number of hydrogen-bond donors (Lipinski definition) is 3. The smallest absolute Gasteiger partial charge is 0.326 e. The van der Waals surface area contributed by atoms with E-state index in [9.17, 15) is 14.0 Å². The van der Waals surface area contributed by atoms with E-state index < -0.39 is 23.9 Å². The molecule has 0 aliphatic heterocycles. The van der Waals surface area contributed by atoms with Gasteiger partial charge in [0.05, 0.1) is 0 Å². The molecular weight excluding hydrogens is 251 g/mol. The van der Waals surface area contributed by atoms with E-state index in [0.717, 1.165) is 0 Å². The minimum atomic E-state index is -1.09. The number of aliphatic carboxylic acids is 1. The van der Waals surface area contributed by atoms with Crippen LogP contribution in [0.4, 0.5) is 14.9 Å². The van der Waals surface area contributed by atoms with Gasteiger partial charge in [-0.1, -0.05) is 19.4 Å². The van der Waals surface area contributed by atoms with Crippen LogP contribution in [0, 0.1) is 12.7 Å². The van der Waals surface area contributed by atoms with Gasteiger partial charge < -0.3 is 15.7 Å². The van der Waals surface area contributed by atoms with E-state index in [2.05, 4.69) is 10.6 Å². The van der Waals surface area contributed by atoms with Crippen molar-refractivity contribution in [1.82, 2.24) is 5.32 Å². The summed E-state index contributed by atoms with van der Waals surface area (Å²) < 4.78 is 13.3. The molecule has 1 atom stereocenters. The number of carboxylic acids is 1. The number of benzene rings is 1. The first-order valence-electron chi connectivity index (χ1n) is 6.00. The molecule has 1 aromatic rings. The predicted molar refractivity (Wildman–Crippen MR) is 69.6 cm³/mol. The van der Waals surface area contributed by atoms with Crippen molar-refractivity contribution in [2.75, 3.05) is 5.32 Å². The highest BCUT2D eigenvalue weighted by Crippen LogP contribution is 2.13. The summed E-state index contributed by atoms with van der Waals surface area (Å²) in [4.78, 5) is 22.5. The van der Waals surface area contributed by atoms with Gasteiger partial charge in [-0.3, -0.25) is 0 Å². The summed E-state index contributed by atoms with van der Waals surface area (Å²) in [5, 5.41) is 13.6. The van der Waals surface area contributed by atoms with E-state index >= 15 is 0 Å². The summed E-state index contributed by atoms with van der Waals surface area (Å²) in [6.07, 6.45) is 0.974. The summed E-state index contributed by atoms with van der Waals surface area (Å²) in [6, 6.07) is 2.66. The largest absolute Gasteiger partial charge is 0.480 e. The zero-order valence-corrected chi connectivity index (χ0v) is 10.9. The Hall–Kier alpha value is -2.11. The van der Waals surface area contributed by atoms with Crippen molar-refractivity contribution >= 4 is 17.7 Å². The molecule has 0 unspecified atom stereocenters. The van der Waals surface area contributed by atoms with Crippen molar-refractivity contribution in [3.8, 4) is 0 Å². The Kier molecular flexibility index (Phi) is 5.29. The fourth-order valence-electron chi connectivity index (χ4n) is 1.54. The maximum absolute atomic E-state index is 13.3.